The average Bonchev–Trinajstić information content (AvgIpc) is 2.87. The molecule has 0 saturated heterocycles. The molecule has 136 valence electrons. The van der Waals surface area contributed by atoms with E-state index in [0.717, 1.165) is 6.42 Å². The molecule has 1 amide bonds. The molecular formula is C18H18N2O6. The predicted octanol–water partition coefficient (Wildman–Crippen LogP) is 3.41. The van der Waals surface area contributed by atoms with Crippen molar-refractivity contribution < 1.29 is 23.9 Å². The Hall–Kier alpha value is -3.29. The molecule has 1 aliphatic heterocycles. The Morgan fingerprint density at radius 2 is 1.96 bits per heavy atom. The van der Waals surface area contributed by atoms with Crippen LogP contribution < -0.4 is 19.5 Å². The summed E-state index contributed by atoms with van der Waals surface area (Å²) < 4.78 is 16.4. The number of fused-ring (bicyclic) bond motifs is 1. The molecule has 0 aliphatic carbocycles. The molecule has 0 spiro atoms. The first-order chi connectivity index (χ1) is 12.6. The van der Waals surface area contributed by atoms with Gasteiger partial charge in [-0.15, -0.1) is 0 Å². The normalized spacial score (nSPS) is 12.8. The van der Waals surface area contributed by atoms with Crippen molar-refractivity contribution >= 4 is 17.3 Å². The lowest BCUT2D eigenvalue weighted by atomic mass is 10.1. The van der Waals surface area contributed by atoms with Crippen LogP contribution in [0.25, 0.3) is 0 Å². The van der Waals surface area contributed by atoms with E-state index >= 15 is 0 Å². The third kappa shape index (κ3) is 3.85. The van der Waals surface area contributed by atoms with Crippen molar-refractivity contribution in [2.75, 3.05) is 25.1 Å². The van der Waals surface area contributed by atoms with Crippen molar-refractivity contribution in [3.05, 3.63) is 52.1 Å². The number of ether oxygens (including phenoxy) is 3. The molecule has 0 saturated carbocycles. The SMILES string of the molecule is CCOc1ccc(C(=O)Nc2ccc3c(c2)OCCCO3)cc1[N+](=O)[O-]. The Bertz CT molecular complexity index is 836. The molecule has 8 heteroatoms. The summed E-state index contributed by atoms with van der Waals surface area (Å²) in [7, 11) is 0. The number of carbonyl (C=O) groups excluding carboxylic acids is 1. The summed E-state index contributed by atoms with van der Waals surface area (Å²) in [6.45, 7) is 3.14. The molecule has 0 unspecified atom stereocenters. The summed E-state index contributed by atoms with van der Waals surface area (Å²) in [6, 6.07) is 9.18. The second kappa shape index (κ2) is 7.73. The van der Waals surface area contributed by atoms with Crippen LogP contribution in [0.1, 0.15) is 23.7 Å². The van der Waals surface area contributed by atoms with E-state index in [2.05, 4.69) is 5.32 Å². The zero-order valence-electron chi connectivity index (χ0n) is 14.2. The highest BCUT2D eigenvalue weighted by atomic mass is 16.6. The standard InChI is InChI=1S/C18H18N2O6/c1-2-24-15-6-4-12(10-14(15)20(22)23)18(21)19-13-5-7-16-17(11-13)26-9-3-8-25-16/h4-7,10-11H,2-3,8-9H2,1H3,(H,19,21). The average molecular weight is 358 g/mol. The number of hydrogen-bond acceptors (Lipinski definition) is 6. The molecule has 2 aromatic carbocycles. The molecule has 8 nitrogen and oxygen atoms in total. The first kappa shape index (κ1) is 17.5. The molecule has 26 heavy (non-hydrogen) atoms. The monoisotopic (exact) mass is 358 g/mol. The lowest BCUT2D eigenvalue weighted by Gasteiger charge is -2.11. The van der Waals surface area contributed by atoms with Crippen LogP contribution in [0.5, 0.6) is 17.2 Å². The number of benzene rings is 2. The van der Waals surface area contributed by atoms with Crippen molar-refractivity contribution in [1.29, 1.82) is 0 Å². The third-order valence-corrected chi connectivity index (χ3v) is 3.72. The molecule has 3 rings (SSSR count). The fourth-order valence-electron chi connectivity index (χ4n) is 2.52. The van der Waals surface area contributed by atoms with Crippen molar-refractivity contribution in [2.24, 2.45) is 0 Å². The smallest absolute Gasteiger partial charge is 0.311 e. The van der Waals surface area contributed by atoms with Crippen LogP contribution in [0.3, 0.4) is 0 Å². The molecule has 0 radical (unpaired) electrons. The topological polar surface area (TPSA) is 99.9 Å². The number of nitro groups is 1. The van der Waals surface area contributed by atoms with E-state index in [1.165, 1.54) is 18.2 Å². The highest BCUT2D eigenvalue weighted by molar-refractivity contribution is 6.05. The Morgan fingerprint density at radius 3 is 2.69 bits per heavy atom. The Balaban J connectivity index is 1.81. The Labute approximate surface area is 149 Å². The molecule has 0 bridgehead atoms. The summed E-state index contributed by atoms with van der Waals surface area (Å²) >= 11 is 0. The number of rotatable bonds is 5. The van der Waals surface area contributed by atoms with Gasteiger partial charge in [0, 0.05) is 29.8 Å². The zero-order chi connectivity index (χ0) is 18.5. The highest BCUT2D eigenvalue weighted by Gasteiger charge is 2.19. The van der Waals surface area contributed by atoms with Crippen LogP contribution in [0.15, 0.2) is 36.4 Å². The summed E-state index contributed by atoms with van der Waals surface area (Å²) in [4.78, 5) is 23.1. The first-order valence-electron chi connectivity index (χ1n) is 8.20. The summed E-state index contributed by atoms with van der Waals surface area (Å²) in [5, 5.41) is 13.9. The minimum Gasteiger partial charge on any atom is -0.490 e. The minimum atomic E-state index is -0.574. The zero-order valence-corrected chi connectivity index (χ0v) is 14.2. The van der Waals surface area contributed by atoms with E-state index in [0.29, 0.717) is 37.0 Å². The quantitative estimate of drug-likeness (QED) is 0.649. The third-order valence-electron chi connectivity index (χ3n) is 3.72. The maximum atomic E-state index is 12.4. The predicted molar refractivity (Wildman–Crippen MR) is 94.3 cm³/mol. The summed E-state index contributed by atoms with van der Waals surface area (Å²) in [5.41, 5.74) is 0.418. The number of nitro benzene ring substituents is 1. The number of hydrogen-bond donors (Lipinski definition) is 1. The van der Waals surface area contributed by atoms with Gasteiger partial charge in [-0.25, -0.2) is 0 Å². The minimum absolute atomic E-state index is 0.129. The van der Waals surface area contributed by atoms with Crippen LogP contribution in [-0.4, -0.2) is 30.7 Å². The van der Waals surface area contributed by atoms with Gasteiger partial charge in [-0.2, -0.15) is 0 Å². The van der Waals surface area contributed by atoms with Gasteiger partial charge in [0.15, 0.2) is 17.2 Å². The van der Waals surface area contributed by atoms with Gasteiger partial charge < -0.3 is 19.5 Å². The van der Waals surface area contributed by atoms with Crippen LogP contribution in [-0.2, 0) is 0 Å². The largest absolute Gasteiger partial charge is 0.490 e. The summed E-state index contributed by atoms with van der Waals surface area (Å²) in [6.07, 6.45) is 0.784. The van der Waals surface area contributed by atoms with Crippen LogP contribution in [0, 0.1) is 10.1 Å². The van der Waals surface area contributed by atoms with Gasteiger partial charge in [-0.1, -0.05) is 0 Å². The second-order valence-electron chi connectivity index (χ2n) is 5.54. The van der Waals surface area contributed by atoms with Gasteiger partial charge in [0.25, 0.3) is 5.91 Å². The Morgan fingerprint density at radius 1 is 1.19 bits per heavy atom. The van der Waals surface area contributed by atoms with E-state index in [4.69, 9.17) is 14.2 Å². The van der Waals surface area contributed by atoms with Gasteiger partial charge in [0.05, 0.1) is 24.7 Å². The molecular weight excluding hydrogens is 340 g/mol. The molecule has 1 aliphatic rings. The molecule has 0 aromatic heterocycles. The number of anilines is 1. The number of carbonyl (C=O) groups is 1. The highest BCUT2D eigenvalue weighted by Crippen LogP contribution is 2.33. The van der Waals surface area contributed by atoms with Gasteiger partial charge in [-0.3, -0.25) is 14.9 Å². The Kier molecular flexibility index (Phi) is 5.21. The van der Waals surface area contributed by atoms with Crippen molar-refractivity contribution in [2.45, 2.75) is 13.3 Å². The fourth-order valence-corrected chi connectivity index (χ4v) is 2.52. The van der Waals surface area contributed by atoms with E-state index in [9.17, 15) is 14.9 Å². The first-order valence-corrected chi connectivity index (χ1v) is 8.20. The van der Waals surface area contributed by atoms with E-state index in [-0.39, 0.29) is 17.0 Å². The van der Waals surface area contributed by atoms with Crippen molar-refractivity contribution in [3.63, 3.8) is 0 Å². The lowest BCUT2D eigenvalue weighted by molar-refractivity contribution is -0.385. The molecule has 1 N–H and O–H groups in total. The lowest BCUT2D eigenvalue weighted by Crippen LogP contribution is -2.12. The van der Waals surface area contributed by atoms with E-state index in [1.807, 2.05) is 0 Å². The van der Waals surface area contributed by atoms with Crippen LogP contribution in [0.4, 0.5) is 11.4 Å². The summed E-state index contributed by atoms with van der Waals surface area (Å²) in [5.74, 6) is 0.838. The van der Waals surface area contributed by atoms with Gasteiger partial charge >= 0.3 is 5.69 Å². The van der Waals surface area contributed by atoms with Gasteiger partial charge in [0.1, 0.15) is 0 Å². The number of amides is 1. The van der Waals surface area contributed by atoms with Crippen LogP contribution >= 0.6 is 0 Å². The number of nitrogens with zero attached hydrogens (tertiary/aromatic N) is 1. The van der Waals surface area contributed by atoms with Crippen molar-refractivity contribution in [3.8, 4) is 17.2 Å². The molecule has 0 fully saturated rings. The van der Waals surface area contributed by atoms with Gasteiger partial charge in [0.2, 0.25) is 0 Å². The maximum absolute atomic E-state index is 12.4. The number of nitrogens with one attached hydrogen (secondary N) is 1. The van der Waals surface area contributed by atoms with E-state index in [1.54, 1.807) is 25.1 Å². The molecule has 1 heterocycles. The van der Waals surface area contributed by atoms with E-state index < -0.39 is 10.8 Å². The second-order valence-corrected chi connectivity index (χ2v) is 5.54. The molecule has 0 atom stereocenters. The van der Waals surface area contributed by atoms with Gasteiger partial charge in [-0.05, 0) is 31.2 Å². The van der Waals surface area contributed by atoms with Crippen molar-refractivity contribution in [1.82, 2.24) is 0 Å². The maximum Gasteiger partial charge on any atom is 0.311 e. The van der Waals surface area contributed by atoms with Crippen LogP contribution in [0.2, 0.25) is 0 Å². The molecule has 2 aromatic rings. The fraction of sp³-hybridized carbons (Fsp3) is 0.278.